The number of benzene rings is 2. The summed E-state index contributed by atoms with van der Waals surface area (Å²) in [6, 6.07) is 11.4. The van der Waals surface area contributed by atoms with Gasteiger partial charge in [0.05, 0.1) is 10.6 Å². The standard InChI is InChI=1S/C14H12ClNO3S/c1-16-12-5-3-2-4-10(12)14(17)11-7-6-9(15)8-13(11)20(16,18)19/h2-8,14,17H,1H3/t14-/m0/s1. The molecule has 4 nitrogen and oxygen atoms in total. The summed E-state index contributed by atoms with van der Waals surface area (Å²) in [5.41, 5.74) is 1.36. The van der Waals surface area contributed by atoms with E-state index in [4.69, 9.17) is 11.6 Å². The molecule has 1 aliphatic rings. The molecule has 0 radical (unpaired) electrons. The van der Waals surface area contributed by atoms with Crippen molar-refractivity contribution in [3.8, 4) is 0 Å². The molecule has 0 amide bonds. The summed E-state index contributed by atoms with van der Waals surface area (Å²) >= 11 is 5.90. The number of hydrogen-bond acceptors (Lipinski definition) is 3. The molecule has 20 heavy (non-hydrogen) atoms. The number of aliphatic hydroxyl groups excluding tert-OH is 1. The first-order valence-corrected chi connectivity index (χ1v) is 7.80. The van der Waals surface area contributed by atoms with Crippen LogP contribution in [0, 0.1) is 0 Å². The van der Waals surface area contributed by atoms with E-state index < -0.39 is 16.1 Å². The van der Waals surface area contributed by atoms with Gasteiger partial charge in [-0.2, -0.15) is 0 Å². The maximum atomic E-state index is 12.6. The van der Waals surface area contributed by atoms with Gasteiger partial charge in [-0.15, -0.1) is 0 Å². The molecule has 0 fully saturated rings. The largest absolute Gasteiger partial charge is 0.384 e. The van der Waals surface area contributed by atoms with Crippen molar-refractivity contribution in [1.29, 1.82) is 0 Å². The second kappa shape index (κ2) is 4.48. The molecule has 6 heteroatoms. The van der Waals surface area contributed by atoms with Crippen LogP contribution in [0.1, 0.15) is 17.2 Å². The first kappa shape index (κ1) is 13.4. The first-order valence-electron chi connectivity index (χ1n) is 5.98. The van der Waals surface area contributed by atoms with E-state index in [9.17, 15) is 13.5 Å². The topological polar surface area (TPSA) is 57.6 Å². The van der Waals surface area contributed by atoms with Crippen LogP contribution < -0.4 is 4.31 Å². The third-order valence-electron chi connectivity index (χ3n) is 3.48. The van der Waals surface area contributed by atoms with Gasteiger partial charge in [0.25, 0.3) is 10.0 Å². The van der Waals surface area contributed by atoms with Gasteiger partial charge in [-0.25, -0.2) is 8.42 Å². The SMILES string of the molecule is CN1c2ccccc2[C@H](O)c2ccc(Cl)cc2S1(=O)=O. The molecule has 1 atom stereocenters. The molecular formula is C14H12ClNO3S. The maximum absolute atomic E-state index is 12.6. The number of fused-ring (bicyclic) bond motifs is 2. The van der Waals surface area contributed by atoms with Gasteiger partial charge in [0.15, 0.2) is 0 Å². The van der Waals surface area contributed by atoms with Crippen LogP contribution in [0.5, 0.6) is 0 Å². The fourth-order valence-electron chi connectivity index (χ4n) is 2.41. The summed E-state index contributed by atoms with van der Waals surface area (Å²) in [4.78, 5) is 0.0381. The van der Waals surface area contributed by atoms with Gasteiger partial charge in [-0.05, 0) is 18.2 Å². The fraction of sp³-hybridized carbons (Fsp3) is 0.143. The molecule has 2 aromatic rings. The van der Waals surface area contributed by atoms with Gasteiger partial charge in [-0.3, -0.25) is 4.31 Å². The molecule has 2 aromatic carbocycles. The summed E-state index contributed by atoms with van der Waals surface area (Å²) in [6.07, 6.45) is -1.00. The quantitative estimate of drug-likeness (QED) is 0.813. The molecule has 0 saturated heterocycles. The van der Waals surface area contributed by atoms with Crippen LogP contribution in [0.15, 0.2) is 47.4 Å². The summed E-state index contributed by atoms with van der Waals surface area (Å²) in [5.74, 6) is 0. The monoisotopic (exact) mass is 309 g/mol. The van der Waals surface area contributed by atoms with E-state index >= 15 is 0 Å². The van der Waals surface area contributed by atoms with Crippen molar-refractivity contribution in [3.05, 3.63) is 58.6 Å². The van der Waals surface area contributed by atoms with Crippen LogP contribution in [-0.4, -0.2) is 20.6 Å². The lowest BCUT2D eigenvalue weighted by molar-refractivity contribution is 0.218. The molecule has 1 aliphatic heterocycles. The van der Waals surface area contributed by atoms with Gasteiger partial charge in [-0.1, -0.05) is 35.9 Å². The van der Waals surface area contributed by atoms with Gasteiger partial charge >= 0.3 is 0 Å². The lowest BCUT2D eigenvalue weighted by Gasteiger charge is -2.19. The second-order valence-electron chi connectivity index (χ2n) is 4.62. The Morgan fingerprint density at radius 1 is 1.15 bits per heavy atom. The molecule has 0 unspecified atom stereocenters. The zero-order valence-corrected chi connectivity index (χ0v) is 12.2. The van der Waals surface area contributed by atoms with Crippen molar-refractivity contribution in [1.82, 2.24) is 0 Å². The van der Waals surface area contributed by atoms with Gasteiger partial charge in [0.1, 0.15) is 6.10 Å². The van der Waals surface area contributed by atoms with Crippen molar-refractivity contribution in [2.75, 3.05) is 11.4 Å². The number of aliphatic hydroxyl groups is 1. The van der Waals surface area contributed by atoms with Crippen LogP contribution in [0.25, 0.3) is 0 Å². The number of rotatable bonds is 0. The Morgan fingerprint density at radius 3 is 2.60 bits per heavy atom. The minimum absolute atomic E-state index is 0.0381. The average molecular weight is 310 g/mol. The fourth-order valence-corrected chi connectivity index (χ4v) is 4.12. The first-order chi connectivity index (χ1) is 9.43. The van der Waals surface area contributed by atoms with Crippen LogP contribution >= 0.6 is 11.6 Å². The number of hydrogen-bond donors (Lipinski definition) is 1. The minimum atomic E-state index is -3.74. The Kier molecular flexibility index (Phi) is 3.01. The van der Waals surface area contributed by atoms with Crippen LogP contribution in [0.3, 0.4) is 0 Å². The number of para-hydroxylation sites is 1. The highest BCUT2D eigenvalue weighted by molar-refractivity contribution is 7.92. The lowest BCUT2D eigenvalue weighted by atomic mass is 10.00. The molecule has 1 N–H and O–H groups in total. The summed E-state index contributed by atoms with van der Waals surface area (Å²) < 4.78 is 26.5. The second-order valence-corrected chi connectivity index (χ2v) is 6.99. The van der Waals surface area contributed by atoms with Gasteiger partial charge in [0, 0.05) is 23.2 Å². The molecule has 3 rings (SSSR count). The van der Waals surface area contributed by atoms with E-state index in [-0.39, 0.29) is 4.90 Å². The van der Waals surface area contributed by atoms with E-state index in [1.54, 1.807) is 36.4 Å². The summed E-state index contributed by atoms with van der Waals surface area (Å²) in [7, 11) is -2.27. The Labute approximate surface area is 122 Å². The third kappa shape index (κ3) is 1.82. The molecule has 0 spiro atoms. The molecule has 1 heterocycles. The molecule has 0 saturated carbocycles. The Balaban J connectivity index is 2.41. The smallest absolute Gasteiger partial charge is 0.264 e. The van der Waals surface area contributed by atoms with E-state index in [1.165, 1.54) is 17.4 Å². The van der Waals surface area contributed by atoms with Crippen molar-refractivity contribution in [2.24, 2.45) is 0 Å². The highest BCUT2D eigenvalue weighted by Gasteiger charge is 2.34. The Hall–Kier alpha value is -1.56. The van der Waals surface area contributed by atoms with Crippen molar-refractivity contribution < 1.29 is 13.5 Å². The summed E-state index contributed by atoms with van der Waals surface area (Å²) in [5, 5.41) is 10.8. The van der Waals surface area contributed by atoms with E-state index in [1.807, 2.05) is 0 Å². The van der Waals surface area contributed by atoms with Gasteiger partial charge < -0.3 is 5.11 Å². The highest BCUT2D eigenvalue weighted by atomic mass is 35.5. The molecule has 104 valence electrons. The maximum Gasteiger partial charge on any atom is 0.264 e. The van der Waals surface area contributed by atoms with Crippen molar-refractivity contribution in [2.45, 2.75) is 11.0 Å². The Bertz CT molecular complexity index is 789. The minimum Gasteiger partial charge on any atom is -0.384 e. The van der Waals surface area contributed by atoms with Crippen LogP contribution in [0.4, 0.5) is 5.69 Å². The normalized spacial score (nSPS) is 19.9. The molecule has 0 aliphatic carbocycles. The van der Waals surface area contributed by atoms with Crippen molar-refractivity contribution >= 4 is 27.3 Å². The predicted molar refractivity (Wildman–Crippen MR) is 77.5 cm³/mol. The van der Waals surface area contributed by atoms with E-state index in [2.05, 4.69) is 0 Å². The van der Waals surface area contributed by atoms with Crippen LogP contribution in [-0.2, 0) is 10.0 Å². The number of nitrogens with zero attached hydrogens (tertiary/aromatic N) is 1. The van der Waals surface area contributed by atoms with Crippen LogP contribution in [0.2, 0.25) is 5.02 Å². The van der Waals surface area contributed by atoms with Gasteiger partial charge in [0.2, 0.25) is 0 Å². The molecule has 0 aromatic heterocycles. The van der Waals surface area contributed by atoms with Crippen molar-refractivity contribution in [3.63, 3.8) is 0 Å². The Morgan fingerprint density at radius 2 is 1.85 bits per heavy atom. The molecular weight excluding hydrogens is 298 g/mol. The summed E-state index contributed by atoms with van der Waals surface area (Å²) in [6.45, 7) is 0. The van der Waals surface area contributed by atoms with E-state index in [0.717, 1.165) is 0 Å². The number of sulfonamides is 1. The number of anilines is 1. The zero-order chi connectivity index (χ0) is 14.5. The zero-order valence-electron chi connectivity index (χ0n) is 10.6. The number of halogens is 1. The molecule has 0 bridgehead atoms. The van der Waals surface area contributed by atoms with E-state index in [0.29, 0.717) is 21.8 Å². The highest BCUT2D eigenvalue weighted by Crippen LogP contribution is 2.40. The predicted octanol–water partition coefficient (Wildman–Crippen LogP) is 2.56. The third-order valence-corrected chi connectivity index (χ3v) is 5.54. The average Bonchev–Trinajstić information content (AvgIpc) is 2.50. The lowest BCUT2D eigenvalue weighted by Crippen LogP contribution is -2.26.